The van der Waals surface area contributed by atoms with E-state index in [-0.39, 0.29) is 36.1 Å². The molecule has 102 valence electrons. The zero-order chi connectivity index (χ0) is 13.2. The molecule has 7 nitrogen and oxygen atoms in total. The minimum absolute atomic E-state index is 0.160. The normalized spacial score (nSPS) is 38.2. The fourth-order valence-electron chi connectivity index (χ4n) is 2.87. The van der Waals surface area contributed by atoms with E-state index >= 15 is 0 Å². The second-order valence-electron chi connectivity index (χ2n) is 5.40. The fraction of sp³-hybridized carbons (Fsp3) is 0.667. The number of hydrogen-bond donors (Lipinski definition) is 0. The summed E-state index contributed by atoms with van der Waals surface area (Å²) < 4.78 is 24.9. The van der Waals surface area contributed by atoms with Crippen molar-refractivity contribution in [3.63, 3.8) is 0 Å². The second-order valence-corrected chi connectivity index (χ2v) is 5.40. The van der Waals surface area contributed by atoms with Crippen molar-refractivity contribution in [2.24, 2.45) is 0 Å². The molecule has 0 radical (unpaired) electrons. The molecule has 1 aromatic heterocycles. The molecule has 0 unspecified atom stereocenters. The Morgan fingerprint density at radius 3 is 3.00 bits per heavy atom. The van der Waals surface area contributed by atoms with Crippen LogP contribution in [0.3, 0.4) is 0 Å². The summed E-state index contributed by atoms with van der Waals surface area (Å²) in [5.74, 6) is -0.632. The SMILES string of the molecule is CC1(C)O[C@@H]2[C@H](O1)[C@H]1COc3nc(=O)ccn3[C@@H]2O1. The van der Waals surface area contributed by atoms with Gasteiger partial charge in [-0.1, -0.05) is 0 Å². The van der Waals surface area contributed by atoms with Crippen LogP contribution in [-0.4, -0.2) is 40.3 Å². The van der Waals surface area contributed by atoms with Gasteiger partial charge in [-0.2, -0.15) is 4.98 Å². The first-order valence-electron chi connectivity index (χ1n) is 6.27. The van der Waals surface area contributed by atoms with E-state index in [1.165, 1.54) is 6.07 Å². The van der Waals surface area contributed by atoms with Crippen LogP contribution in [0.15, 0.2) is 17.1 Å². The zero-order valence-electron chi connectivity index (χ0n) is 10.6. The van der Waals surface area contributed by atoms with Gasteiger partial charge >= 0.3 is 6.01 Å². The average molecular weight is 266 g/mol. The van der Waals surface area contributed by atoms with Gasteiger partial charge in [-0.15, -0.1) is 0 Å². The maximum atomic E-state index is 11.3. The van der Waals surface area contributed by atoms with Gasteiger partial charge in [-0.05, 0) is 13.8 Å². The van der Waals surface area contributed by atoms with Crippen LogP contribution in [0.25, 0.3) is 0 Å². The third-order valence-electron chi connectivity index (χ3n) is 3.58. The van der Waals surface area contributed by atoms with E-state index in [0.717, 1.165) is 0 Å². The second kappa shape index (κ2) is 3.56. The molecule has 4 atom stereocenters. The summed E-state index contributed by atoms with van der Waals surface area (Å²) in [6.45, 7) is 4.05. The van der Waals surface area contributed by atoms with Crippen molar-refractivity contribution in [3.8, 4) is 6.01 Å². The van der Waals surface area contributed by atoms with Crippen molar-refractivity contribution in [1.29, 1.82) is 0 Å². The summed E-state index contributed by atoms with van der Waals surface area (Å²) >= 11 is 0. The monoisotopic (exact) mass is 266 g/mol. The molecule has 3 aliphatic heterocycles. The molecule has 2 bridgehead atoms. The first-order chi connectivity index (χ1) is 9.03. The van der Waals surface area contributed by atoms with Crippen LogP contribution in [-0.2, 0) is 14.2 Å². The first-order valence-corrected chi connectivity index (χ1v) is 6.27. The Balaban J connectivity index is 1.79. The first kappa shape index (κ1) is 11.4. The molecule has 0 saturated carbocycles. The van der Waals surface area contributed by atoms with Crippen molar-refractivity contribution in [1.82, 2.24) is 9.55 Å². The van der Waals surface area contributed by atoms with E-state index in [0.29, 0.717) is 6.61 Å². The topological polar surface area (TPSA) is 71.8 Å². The molecule has 7 heteroatoms. The highest BCUT2D eigenvalue weighted by Crippen LogP contribution is 2.45. The molecule has 0 aliphatic carbocycles. The molecule has 2 fully saturated rings. The summed E-state index contributed by atoms with van der Waals surface area (Å²) in [5, 5.41) is 0. The van der Waals surface area contributed by atoms with Gasteiger partial charge in [0.05, 0.1) is 0 Å². The number of aromatic nitrogens is 2. The van der Waals surface area contributed by atoms with Crippen molar-refractivity contribution in [2.75, 3.05) is 6.61 Å². The third kappa shape index (κ3) is 1.62. The molecular formula is C12H14N2O5. The smallest absolute Gasteiger partial charge is 0.302 e. The highest BCUT2D eigenvalue weighted by Gasteiger charge is 2.57. The predicted molar refractivity (Wildman–Crippen MR) is 61.7 cm³/mol. The molecule has 2 saturated heterocycles. The lowest BCUT2D eigenvalue weighted by Gasteiger charge is -2.23. The minimum Gasteiger partial charge on any atom is -0.462 e. The largest absolute Gasteiger partial charge is 0.462 e. The summed E-state index contributed by atoms with van der Waals surface area (Å²) in [5.41, 5.74) is -0.329. The lowest BCUT2D eigenvalue weighted by molar-refractivity contribution is -0.195. The predicted octanol–water partition coefficient (Wildman–Crippen LogP) is 0.0532. The van der Waals surface area contributed by atoms with E-state index in [1.807, 2.05) is 13.8 Å². The van der Waals surface area contributed by atoms with E-state index in [9.17, 15) is 4.79 Å². The van der Waals surface area contributed by atoms with Crippen LogP contribution >= 0.6 is 0 Å². The number of hydrogen-bond acceptors (Lipinski definition) is 6. The maximum Gasteiger partial charge on any atom is 0.302 e. The van der Waals surface area contributed by atoms with E-state index < -0.39 is 5.79 Å². The van der Waals surface area contributed by atoms with Gasteiger partial charge in [0.15, 0.2) is 12.0 Å². The minimum atomic E-state index is -0.632. The lowest BCUT2D eigenvalue weighted by atomic mass is 10.1. The van der Waals surface area contributed by atoms with Crippen LogP contribution in [0.1, 0.15) is 20.1 Å². The molecule has 0 spiro atoms. The van der Waals surface area contributed by atoms with Crippen LogP contribution in [0.5, 0.6) is 6.01 Å². The molecule has 0 aromatic carbocycles. The van der Waals surface area contributed by atoms with Crippen LogP contribution in [0, 0.1) is 0 Å². The molecule has 19 heavy (non-hydrogen) atoms. The van der Waals surface area contributed by atoms with E-state index in [2.05, 4.69) is 4.98 Å². The van der Waals surface area contributed by atoms with Gasteiger partial charge in [-0.3, -0.25) is 9.36 Å². The number of ether oxygens (including phenoxy) is 4. The number of rotatable bonds is 0. The zero-order valence-corrected chi connectivity index (χ0v) is 10.6. The highest BCUT2D eigenvalue weighted by atomic mass is 16.8. The standard InChI is InChI=1S/C12H14N2O5/c1-12(2)18-8-6-5-16-11-13-7(15)3-4-14(11)10(17-6)9(8)19-12/h3-4,6,8-10H,5H2,1-2H3/t6-,8-,9-,10-/m1/s1. The van der Waals surface area contributed by atoms with Crippen molar-refractivity contribution >= 4 is 0 Å². The van der Waals surface area contributed by atoms with Crippen LogP contribution in [0.2, 0.25) is 0 Å². The summed E-state index contributed by atoms with van der Waals surface area (Å²) in [7, 11) is 0. The summed E-state index contributed by atoms with van der Waals surface area (Å²) in [6, 6.07) is 1.65. The van der Waals surface area contributed by atoms with E-state index in [4.69, 9.17) is 18.9 Å². The maximum absolute atomic E-state index is 11.3. The average Bonchev–Trinajstić information content (AvgIpc) is 2.73. The number of nitrogens with zero attached hydrogens (tertiary/aromatic N) is 2. The molecule has 4 rings (SSSR count). The van der Waals surface area contributed by atoms with E-state index in [1.54, 1.807) is 10.8 Å². The molecule has 0 amide bonds. The Hall–Kier alpha value is -1.44. The molecule has 4 heterocycles. The molecular weight excluding hydrogens is 252 g/mol. The Morgan fingerprint density at radius 2 is 2.16 bits per heavy atom. The van der Waals surface area contributed by atoms with Gasteiger partial charge < -0.3 is 18.9 Å². The Kier molecular flexibility index (Phi) is 2.13. The molecule has 1 aromatic rings. The Morgan fingerprint density at radius 1 is 1.37 bits per heavy atom. The number of fused-ring (bicyclic) bond motifs is 7. The van der Waals surface area contributed by atoms with Gasteiger partial charge in [0, 0.05) is 12.3 Å². The van der Waals surface area contributed by atoms with Crippen molar-refractivity contribution in [2.45, 2.75) is 44.2 Å². The van der Waals surface area contributed by atoms with Crippen LogP contribution < -0.4 is 10.3 Å². The Bertz CT molecular complexity index is 584. The van der Waals surface area contributed by atoms with Gasteiger partial charge in [0.1, 0.15) is 24.9 Å². The van der Waals surface area contributed by atoms with Gasteiger partial charge in [-0.25, -0.2) is 0 Å². The third-order valence-corrected chi connectivity index (χ3v) is 3.58. The quantitative estimate of drug-likeness (QED) is 0.661. The van der Waals surface area contributed by atoms with Crippen molar-refractivity contribution in [3.05, 3.63) is 22.6 Å². The van der Waals surface area contributed by atoms with Gasteiger partial charge in [0.2, 0.25) is 0 Å². The summed E-state index contributed by atoms with van der Waals surface area (Å²) in [6.07, 6.45) is 0.657. The Labute approximate surface area is 109 Å². The molecule has 0 N–H and O–H groups in total. The van der Waals surface area contributed by atoms with Crippen LogP contribution in [0.4, 0.5) is 0 Å². The molecule has 3 aliphatic rings. The fourth-order valence-corrected chi connectivity index (χ4v) is 2.87. The summed E-state index contributed by atoms with van der Waals surface area (Å²) in [4.78, 5) is 15.1. The highest BCUT2D eigenvalue weighted by molar-refractivity contribution is 5.08. The lowest BCUT2D eigenvalue weighted by Crippen LogP contribution is -2.35. The van der Waals surface area contributed by atoms with Crippen molar-refractivity contribution < 1.29 is 18.9 Å². The van der Waals surface area contributed by atoms with Gasteiger partial charge in [0.25, 0.3) is 5.56 Å².